The average molecular weight is 264 g/mol. The molecule has 0 bridgehead atoms. The normalized spacial score (nSPS) is 19.3. The van der Waals surface area contributed by atoms with E-state index in [1.54, 1.807) is 13.3 Å². The van der Waals surface area contributed by atoms with Crippen molar-refractivity contribution in [1.82, 2.24) is 4.98 Å². The molecule has 0 aromatic carbocycles. The smallest absolute Gasteiger partial charge is 0.216 e. The average Bonchev–Trinajstić information content (AvgIpc) is 2.47. The molecule has 19 heavy (non-hydrogen) atoms. The Bertz CT molecular complexity index is 464. The van der Waals surface area contributed by atoms with Crippen molar-refractivity contribution in [3.8, 4) is 0 Å². The summed E-state index contributed by atoms with van der Waals surface area (Å²) in [5, 5.41) is 7.72. The third-order valence-corrected chi connectivity index (χ3v) is 3.43. The summed E-state index contributed by atoms with van der Waals surface area (Å²) in [7, 11) is 3.19. The lowest BCUT2D eigenvalue weighted by atomic mass is 10.1. The largest absolute Gasteiger partial charge is 0.481 e. The van der Waals surface area contributed by atoms with Crippen LogP contribution in [-0.2, 0) is 9.47 Å². The summed E-state index contributed by atoms with van der Waals surface area (Å²) in [6.45, 7) is 1.80. The second-order valence-corrected chi connectivity index (χ2v) is 4.61. The van der Waals surface area contributed by atoms with Gasteiger partial charge in [-0.25, -0.2) is 4.98 Å². The minimum atomic E-state index is 0.0344. The van der Waals surface area contributed by atoms with Gasteiger partial charge in [0.2, 0.25) is 5.90 Å². The number of nitrogen functional groups attached to an aromatic ring is 1. The Hall–Kier alpha value is -1.82. The summed E-state index contributed by atoms with van der Waals surface area (Å²) >= 11 is 0. The highest BCUT2D eigenvalue weighted by Gasteiger charge is 2.21. The predicted octanol–water partition coefficient (Wildman–Crippen LogP) is 1.25. The number of nitrogens with two attached hydrogens (primary N) is 1. The number of ether oxygens (including phenoxy) is 2. The van der Waals surface area contributed by atoms with Crippen molar-refractivity contribution in [2.24, 2.45) is 0 Å². The number of rotatable bonds is 3. The zero-order chi connectivity index (χ0) is 13.8. The fourth-order valence-corrected chi connectivity index (χ4v) is 2.29. The van der Waals surface area contributed by atoms with Gasteiger partial charge in [-0.2, -0.15) is 0 Å². The van der Waals surface area contributed by atoms with Gasteiger partial charge in [-0.1, -0.05) is 0 Å². The molecule has 1 aromatic heterocycles. The summed E-state index contributed by atoms with van der Waals surface area (Å²) in [5.74, 6) is 0.350. The lowest BCUT2D eigenvalue weighted by Crippen LogP contribution is -2.39. The Kier molecular flexibility index (Phi) is 4.21. The van der Waals surface area contributed by atoms with Gasteiger partial charge in [0.1, 0.15) is 5.82 Å². The molecule has 2 rings (SSSR count). The van der Waals surface area contributed by atoms with Crippen LogP contribution < -0.4 is 10.6 Å². The van der Waals surface area contributed by atoms with Gasteiger partial charge in [-0.05, 0) is 18.9 Å². The first-order chi connectivity index (χ1) is 9.15. The lowest BCUT2D eigenvalue weighted by molar-refractivity contribution is 0.0893. The number of aromatic nitrogens is 1. The summed E-state index contributed by atoms with van der Waals surface area (Å²) in [6, 6.07) is 1.85. The van der Waals surface area contributed by atoms with Crippen LogP contribution in [-0.4, -0.2) is 44.3 Å². The highest BCUT2D eigenvalue weighted by atomic mass is 16.5. The Balaban J connectivity index is 2.22. The molecular formula is C13H20N4O2. The number of piperidine rings is 1. The van der Waals surface area contributed by atoms with Crippen LogP contribution in [0.1, 0.15) is 18.4 Å². The van der Waals surface area contributed by atoms with Crippen molar-refractivity contribution in [2.75, 3.05) is 37.9 Å². The molecule has 104 valence electrons. The molecular weight excluding hydrogens is 244 g/mol. The number of nitrogens with one attached hydrogen (secondary N) is 1. The van der Waals surface area contributed by atoms with E-state index in [0.717, 1.165) is 31.6 Å². The highest BCUT2D eigenvalue weighted by molar-refractivity contribution is 5.96. The molecule has 1 aliphatic heterocycles. The first-order valence-corrected chi connectivity index (χ1v) is 6.32. The van der Waals surface area contributed by atoms with Crippen LogP contribution in [0.3, 0.4) is 0 Å². The van der Waals surface area contributed by atoms with Crippen molar-refractivity contribution in [3.05, 3.63) is 17.8 Å². The summed E-state index contributed by atoms with van der Waals surface area (Å²) in [6.07, 6.45) is 4.15. The molecule has 0 amide bonds. The van der Waals surface area contributed by atoms with Gasteiger partial charge < -0.3 is 20.1 Å². The van der Waals surface area contributed by atoms with E-state index in [-0.39, 0.29) is 12.0 Å². The van der Waals surface area contributed by atoms with E-state index >= 15 is 0 Å². The van der Waals surface area contributed by atoms with Gasteiger partial charge in [0.15, 0.2) is 0 Å². The van der Waals surface area contributed by atoms with Crippen molar-refractivity contribution in [3.63, 3.8) is 0 Å². The maximum atomic E-state index is 7.72. The number of pyridine rings is 1. The SMILES string of the molecule is COC(=N)c1cc(N2CCCC(OC)C2)cnc1N. The van der Waals surface area contributed by atoms with Gasteiger partial charge in [0, 0.05) is 20.2 Å². The third-order valence-electron chi connectivity index (χ3n) is 3.43. The first-order valence-electron chi connectivity index (χ1n) is 6.32. The Morgan fingerprint density at radius 1 is 1.53 bits per heavy atom. The van der Waals surface area contributed by atoms with E-state index in [1.165, 1.54) is 7.11 Å². The summed E-state index contributed by atoms with van der Waals surface area (Å²) in [5.41, 5.74) is 7.25. The lowest BCUT2D eigenvalue weighted by Gasteiger charge is -2.33. The first kappa shape index (κ1) is 13.6. The van der Waals surface area contributed by atoms with Crippen LogP contribution in [0.2, 0.25) is 0 Å². The van der Waals surface area contributed by atoms with Gasteiger partial charge in [0.05, 0.1) is 30.7 Å². The van der Waals surface area contributed by atoms with E-state index in [4.69, 9.17) is 20.6 Å². The Morgan fingerprint density at radius 3 is 3.00 bits per heavy atom. The maximum Gasteiger partial charge on any atom is 0.216 e. The second kappa shape index (κ2) is 5.88. The maximum absolute atomic E-state index is 7.72. The zero-order valence-electron chi connectivity index (χ0n) is 11.3. The summed E-state index contributed by atoms with van der Waals surface area (Å²) in [4.78, 5) is 6.35. The minimum absolute atomic E-state index is 0.0344. The van der Waals surface area contributed by atoms with E-state index in [2.05, 4.69) is 9.88 Å². The molecule has 1 aliphatic rings. The standard InChI is InChI=1S/C13H20N4O2/c1-18-10-4-3-5-17(8-10)9-6-11(13(15)19-2)12(14)16-7-9/h6-7,10,15H,3-5,8H2,1-2H3,(H2,14,16). The molecule has 2 heterocycles. The monoisotopic (exact) mass is 264 g/mol. The predicted molar refractivity (Wildman–Crippen MR) is 74.7 cm³/mol. The minimum Gasteiger partial charge on any atom is -0.481 e. The van der Waals surface area contributed by atoms with Crippen LogP contribution in [0.5, 0.6) is 0 Å². The van der Waals surface area contributed by atoms with Crippen LogP contribution >= 0.6 is 0 Å². The molecule has 1 aromatic rings. The summed E-state index contributed by atoms with van der Waals surface area (Å²) < 4.78 is 10.3. The molecule has 1 fully saturated rings. The number of nitrogens with zero attached hydrogens (tertiary/aromatic N) is 2. The Labute approximate surface area is 113 Å². The molecule has 0 radical (unpaired) electrons. The molecule has 6 nitrogen and oxygen atoms in total. The molecule has 6 heteroatoms. The number of hydrogen-bond acceptors (Lipinski definition) is 6. The van der Waals surface area contributed by atoms with Crippen molar-refractivity contribution in [2.45, 2.75) is 18.9 Å². The fraction of sp³-hybridized carbons (Fsp3) is 0.538. The van der Waals surface area contributed by atoms with Gasteiger partial charge in [-0.3, -0.25) is 5.41 Å². The molecule has 1 unspecified atom stereocenters. The Morgan fingerprint density at radius 2 is 2.32 bits per heavy atom. The van der Waals surface area contributed by atoms with Crippen LogP contribution in [0.15, 0.2) is 12.3 Å². The van der Waals surface area contributed by atoms with Crippen molar-refractivity contribution >= 4 is 17.4 Å². The van der Waals surface area contributed by atoms with Crippen LogP contribution in [0.4, 0.5) is 11.5 Å². The van der Waals surface area contributed by atoms with Gasteiger partial charge in [0.25, 0.3) is 0 Å². The quantitative estimate of drug-likeness (QED) is 0.634. The molecule has 1 saturated heterocycles. The zero-order valence-corrected chi connectivity index (χ0v) is 11.3. The van der Waals surface area contributed by atoms with Crippen LogP contribution in [0, 0.1) is 5.41 Å². The number of hydrogen-bond donors (Lipinski definition) is 2. The third kappa shape index (κ3) is 2.96. The van der Waals surface area contributed by atoms with E-state index < -0.39 is 0 Å². The molecule has 1 atom stereocenters. The highest BCUT2D eigenvalue weighted by Crippen LogP contribution is 2.23. The van der Waals surface area contributed by atoms with E-state index in [0.29, 0.717) is 11.4 Å². The van der Waals surface area contributed by atoms with Gasteiger partial charge in [-0.15, -0.1) is 0 Å². The van der Waals surface area contributed by atoms with Gasteiger partial charge >= 0.3 is 0 Å². The fourth-order valence-electron chi connectivity index (χ4n) is 2.29. The molecule has 0 aliphatic carbocycles. The van der Waals surface area contributed by atoms with E-state index in [1.807, 2.05) is 6.07 Å². The second-order valence-electron chi connectivity index (χ2n) is 4.61. The van der Waals surface area contributed by atoms with Crippen LogP contribution in [0.25, 0.3) is 0 Å². The molecule has 0 saturated carbocycles. The topological polar surface area (TPSA) is 84.5 Å². The molecule has 3 N–H and O–H groups in total. The van der Waals surface area contributed by atoms with Crippen molar-refractivity contribution < 1.29 is 9.47 Å². The molecule has 0 spiro atoms. The van der Waals surface area contributed by atoms with Crippen molar-refractivity contribution in [1.29, 1.82) is 5.41 Å². The van der Waals surface area contributed by atoms with E-state index in [9.17, 15) is 0 Å². The number of methoxy groups -OCH3 is 2. The number of anilines is 2.